The maximum absolute atomic E-state index is 12.9. The molecule has 1 N–H and O–H groups in total. The Labute approximate surface area is 586 Å². The van der Waals surface area contributed by atoms with Crippen molar-refractivity contribution in [1.29, 1.82) is 0 Å². The molecular weight excluding hydrogens is 1390 g/mol. The minimum absolute atomic E-state index is 0. The summed E-state index contributed by atoms with van der Waals surface area (Å²) in [5.74, 6) is -2.12. The molecule has 0 bridgehead atoms. The van der Waals surface area contributed by atoms with Gasteiger partial charge in [-0.3, -0.25) is 0 Å². The first kappa shape index (κ1) is 88.9. The molecule has 12 nitrogen and oxygen atoms in total. The molecule has 4 aromatic rings. The molecule has 526 valence electrons. The van der Waals surface area contributed by atoms with Gasteiger partial charge in [0.05, 0.1) is 13.2 Å². The molecule has 9 atom stereocenters. The third-order valence-corrected chi connectivity index (χ3v) is 23.5. The molecule has 2 saturated heterocycles. The molecule has 2 aliphatic heterocycles. The van der Waals surface area contributed by atoms with Gasteiger partial charge in [-0.25, -0.2) is 4.79 Å². The van der Waals surface area contributed by atoms with E-state index in [1.165, 1.54) is 37.6 Å². The average Bonchev–Trinajstić information content (AvgIpc) is 0.741. The minimum atomic E-state index is -2.21. The zero-order valence-corrected chi connectivity index (χ0v) is 70.9. The van der Waals surface area contributed by atoms with Gasteiger partial charge in [-0.2, -0.15) is 0 Å². The largest absolute Gasteiger partial charge is 0.455 e. The van der Waals surface area contributed by atoms with Gasteiger partial charge >= 0.3 is 5.97 Å². The van der Waals surface area contributed by atoms with E-state index >= 15 is 0 Å². The van der Waals surface area contributed by atoms with Crippen LogP contribution in [0.5, 0.6) is 0 Å². The highest BCUT2D eigenvalue weighted by molar-refractivity contribution is 9.10. The number of aliphatic hydroxyl groups is 1. The molecule has 0 amide bonds. The van der Waals surface area contributed by atoms with E-state index in [0.29, 0.717) is 18.8 Å². The van der Waals surface area contributed by atoms with Crippen molar-refractivity contribution < 1.29 is 54.8 Å². The highest BCUT2D eigenvalue weighted by Gasteiger charge is 2.59. The first-order valence-electron chi connectivity index (χ1n) is 31.5. The van der Waals surface area contributed by atoms with Crippen molar-refractivity contribution >= 4 is 112 Å². The summed E-state index contributed by atoms with van der Waals surface area (Å²) in [6, 6.07) is 30.1. The highest BCUT2D eigenvalue weighted by Crippen LogP contribution is 2.44. The van der Waals surface area contributed by atoms with Crippen molar-refractivity contribution in [2.45, 2.75) is 271 Å². The lowest BCUT2D eigenvalue weighted by Crippen LogP contribution is -2.69. The van der Waals surface area contributed by atoms with Crippen molar-refractivity contribution in [2.75, 3.05) is 25.7 Å². The van der Waals surface area contributed by atoms with Crippen LogP contribution >= 0.6 is 39.5 Å². The molecule has 0 aliphatic carbocycles. The number of benzene rings is 4. The summed E-state index contributed by atoms with van der Waals surface area (Å²) < 4.78 is 66.5. The predicted octanol–water partition coefficient (Wildman–Crippen LogP) is 19.8. The maximum atomic E-state index is 12.9. The van der Waals surface area contributed by atoms with Crippen LogP contribution in [0.3, 0.4) is 0 Å². The Hall–Kier alpha value is -1.13. The molecule has 23 heteroatoms. The summed E-state index contributed by atoms with van der Waals surface area (Å²) in [4.78, 5) is 15.5. The average molecular weight is 1520 g/mol. The van der Waals surface area contributed by atoms with Crippen LogP contribution in [0.25, 0.3) is 0 Å². The Morgan fingerprint density at radius 1 is 0.457 bits per heavy atom. The molecule has 0 radical (unpaired) electrons. The minimum Gasteiger partial charge on any atom is -0.455 e. The third kappa shape index (κ3) is 31.4. The Bertz CT molecular complexity index is 2860. The lowest BCUT2D eigenvalue weighted by atomic mass is 9.86. The maximum Gasteiger partial charge on any atom is 0.337 e. The number of carbonyl (C=O) groups is 1. The predicted molar refractivity (Wildman–Crippen MR) is 419 cm³/mol. The van der Waals surface area contributed by atoms with Gasteiger partial charge in [0.1, 0.15) is 36.6 Å². The Morgan fingerprint density at radius 3 is 1.21 bits per heavy atom. The second-order valence-electron chi connectivity index (χ2n) is 31.5. The number of ether oxygens (including phenoxy) is 2. The number of halogens is 1. The number of rotatable bonds is 25. The van der Waals surface area contributed by atoms with Gasteiger partial charge in [0.2, 0.25) is 5.79 Å². The fourth-order valence-electron chi connectivity index (χ4n) is 9.97. The third-order valence-electron chi connectivity index (χ3n) is 13.7. The van der Waals surface area contributed by atoms with E-state index < -0.39 is 115 Å². The van der Waals surface area contributed by atoms with Crippen molar-refractivity contribution in [2.24, 2.45) is 0 Å². The molecule has 0 unspecified atom stereocenters. The van der Waals surface area contributed by atoms with Crippen LogP contribution in [0.2, 0.25) is 157 Å². The van der Waals surface area contributed by atoms with E-state index in [0.717, 1.165) is 22.9 Å². The van der Waals surface area contributed by atoms with Crippen molar-refractivity contribution in [3.8, 4) is 0 Å². The Morgan fingerprint density at radius 2 is 0.815 bits per heavy atom. The van der Waals surface area contributed by atoms with Gasteiger partial charge in [-0.05, 0) is 272 Å². The van der Waals surface area contributed by atoms with Crippen molar-refractivity contribution in [3.63, 3.8) is 0 Å². The molecular formula is C69H127BrO12S2Si8. The number of hydrogen-bond donors (Lipinski definition) is 1. The quantitative estimate of drug-likeness (QED) is 0.0384. The van der Waals surface area contributed by atoms with E-state index in [1.54, 1.807) is 23.5 Å². The van der Waals surface area contributed by atoms with Gasteiger partial charge in [0.15, 0.2) is 78.7 Å². The fourth-order valence-corrected chi connectivity index (χ4v) is 18.9. The summed E-state index contributed by atoms with van der Waals surface area (Å²) in [7, 11) is -16.0. The van der Waals surface area contributed by atoms with E-state index in [2.05, 4.69) is 278 Å². The van der Waals surface area contributed by atoms with Gasteiger partial charge in [-0.15, -0.1) is 23.5 Å². The van der Waals surface area contributed by atoms with E-state index in [-0.39, 0.29) is 34.4 Å². The zero-order chi connectivity index (χ0) is 67.7. The molecule has 0 spiro atoms. The standard InChI is InChI=1S/C33H58O6SSi4.C18H42O6Si4.C15H15BrS.3CH4/c1-24-15-18-27(22-26(24)21-25-16-19-28(40-2)20-17-25)33(34)32(39-44(12,13)14)31(38-43(9,10)11)30(37-42(6,7)8)29(36-33)23-35-41(3,4)5;1-25(2,3)20-13-14-15(22-26(4,5)6)16(23-27(7,8)9)17(18(19)21-14)24-28(10,11)12;1-11-3-6-14(16)10-13(11)9-12-4-7-15(17-2)8-5-12;;;/h15-20,22,29-32,34H,21,23H2,1-14H3;14-17H,13H2,1-12H3;3-8,10H,9H2,1-2H3;3*1H4/t29-,30-,31+,32-,33+;14-,15-,16+,17-;;;;/m11..../s1. The highest BCUT2D eigenvalue weighted by atomic mass is 79.9. The fraction of sp³-hybridized carbons (Fsp3) is 0.638. The molecule has 0 saturated carbocycles. The lowest BCUT2D eigenvalue weighted by molar-refractivity contribution is -0.348. The normalized spacial score (nSPS) is 22.5. The molecule has 4 aromatic carbocycles. The second kappa shape index (κ2) is 36.3. The Balaban J connectivity index is 0.000000752. The van der Waals surface area contributed by atoms with Crippen LogP contribution in [-0.4, -0.2) is 152 Å². The number of aryl methyl sites for hydroxylation is 2. The lowest BCUT2D eigenvalue weighted by Gasteiger charge is -2.54. The molecule has 2 heterocycles. The zero-order valence-electron chi connectivity index (χ0n) is 59.7. The van der Waals surface area contributed by atoms with Crippen LogP contribution in [-0.2, 0) is 68.3 Å². The smallest absolute Gasteiger partial charge is 0.337 e. The second-order valence-corrected chi connectivity index (χ2v) is 70.0. The van der Waals surface area contributed by atoms with Crippen LogP contribution < -0.4 is 0 Å². The summed E-state index contributed by atoms with van der Waals surface area (Å²) in [5.41, 5.74) is 8.30. The SMILES string of the molecule is C.C.C.CSc1ccc(Cc2cc(Br)ccc2C)cc1.CSc1ccc(Cc2cc([C@]3(O)O[C@H](CO[Si](C)(C)C)[C@@H](O[Si](C)(C)C)[C@H](O[Si](C)(C)C)[C@H]3O[Si](C)(C)C)ccc2C)cc1.C[Si](C)(C)OC[C@H]1OC(=O)[C@H](O[Si](C)(C)C)[C@@H](O[Si](C)(C)C)[C@@H]1O[Si](C)(C)C. The number of carbonyl (C=O) groups excluding carboxylic acids is 1. The number of esters is 1. The molecule has 0 aromatic heterocycles. The van der Waals surface area contributed by atoms with Gasteiger partial charge in [-0.1, -0.05) is 80.7 Å². The van der Waals surface area contributed by atoms with Crippen LogP contribution in [0, 0.1) is 13.8 Å². The van der Waals surface area contributed by atoms with Crippen molar-refractivity contribution in [1.82, 2.24) is 0 Å². The summed E-state index contributed by atoms with van der Waals surface area (Å²) in [6.45, 7) is 56.3. The van der Waals surface area contributed by atoms with Gasteiger partial charge in [0.25, 0.3) is 0 Å². The molecule has 6 rings (SSSR count). The summed E-state index contributed by atoms with van der Waals surface area (Å²) in [5, 5.41) is 12.9. The summed E-state index contributed by atoms with van der Waals surface area (Å²) >= 11 is 7.05. The van der Waals surface area contributed by atoms with E-state index in [9.17, 15) is 9.90 Å². The first-order valence-corrected chi connectivity index (χ1v) is 62.0. The van der Waals surface area contributed by atoms with Gasteiger partial charge < -0.3 is 50.0 Å². The Kier molecular flexibility index (Phi) is 35.0. The van der Waals surface area contributed by atoms with Crippen LogP contribution in [0.1, 0.15) is 61.2 Å². The molecule has 92 heavy (non-hydrogen) atoms. The number of cyclic esters (lactones) is 1. The molecule has 2 fully saturated rings. The monoisotopic (exact) mass is 1510 g/mol. The first-order chi connectivity index (χ1) is 40.5. The molecule has 2 aliphatic rings. The topological polar surface area (TPSA) is 130 Å². The van der Waals surface area contributed by atoms with Crippen LogP contribution in [0.15, 0.2) is 99.2 Å². The number of thioether (sulfide) groups is 2. The number of hydrogen-bond acceptors (Lipinski definition) is 14. The summed E-state index contributed by atoms with van der Waals surface area (Å²) in [6.07, 6.45) is 1.59. The van der Waals surface area contributed by atoms with E-state index in [1.807, 2.05) is 6.07 Å². The van der Waals surface area contributed by atoms with Gasteiger partial charge in [0, 0.05) is 19.8 Å². The van der Waals surface area contributed by atoms with E-state index in [4.69, 9.17) is 44.9 Å². The van der Waals surface area contributed by atoms with Crippen molar-refractivity contribution in [3.05, 3.63) is 128 Å². The van der Waals surface area contributed by atoms with Crippen LogP contribution in [0.4, 0.5) is 0 Å².